The predicted molar refractivity (Wildman–Crippen MR) is 56.9 cm³/mol. The molecule has 0 spiro atoms. The topological polar surface area (TPSA) is 29.9 Å². The van der Waals surface area contributed by atoms with E-state index in [0.29, 0.717) is 5.41 Å². The lowest BCUT2D eigenvalue weighted by Gasteiger charge is -2.30. The minimum atomic E-state index is 0.382. The fourth-order valence-corrected chi connectivity index (χ4v) is 2.03. The summed E-state index contributed by atoms with van der Waals surface area (Å²) in [5, 5.41) is 4.33. The van der Waals surface area contributed by atoms with Crippen molar-refractivity contribution in [2.24, 2.45) is 5.41 Å². The van der Waals surface area contributed by atoms with E-state index in [9.17, 15) is 0 Å². The van der Waals surface area contributed by atoms with Crippen molar-refractivity contribution in [3.8, 4) is 0 Å². The van der Waals surface area contributed by atoms with Crippen LogP contribution in [0.15, 0.2) is 6.20 Å². The van der Waals surface area contributed by atoms with Gasteiger partial charge >= 0.3 is 0 Å². The molecule has 0 aliphatic carbocycles. The molecule has 4 heteroatoms. The molecule has 0 unspecified atom stereocenters. The van der Waals surface area contributed by atoms with Crippen LogP contribution in [-0.2, 0) is 13.0 Å². The van der Waals surface area contributed by atoms with E-state index >= 15 is 0 Å². The zero-order valence-corrected chi connectivity index (χ0v) is 8.93. The van der Waals surface area contributed by atoms with Crippen molar-refractivity contribution in [1.29, 1.82) is 0 Å². The summed E-state index contributed by atoms with van der Waals surface area (Å²) >= 11 is 4.05. The maximum Gasteiger partial charge on any atom is 0.0856 e. The summed E-state index contributed by atoms with van der Waals surface area (Å²) < 4.78 is 4.96. The third-order valence-corrected chi connectivity index (χ3v) is 2.93. The first-order valence-corrected chi connectivity index (χ1v) is 5.02. The average molecular weight is 197 g/mol. The van der Waals surface area contributed by atoms with Gasteiger partial charge in [-0.3, -0.25) is 4.68 Å². The number of fused-ring (bicyclic) bond motifs is 1. The number of nitrogens with zero attached hydrogens (tertiary/aromatic N) is 2. The number of nitrogens with one attached hydrogen (secondary N) is 1. The van der Waals surface area contributed by atoms with E-state index in [4.69, 9.17) is 0 Å². The lowest BCUT2D eigenvalue weighted by atomic mass is 9.84. The van der Waals surface area contributed by atoms with Crippen molar-refractivity contribution in [1.82, 2.24) is 9.78 Å². The summed E-state index contributed by atoms with van der Waals surface area (Å²) in [4.78, 5) is 0. The van der Waals surface area contributed by atoms with Gasteiger partial charge in [0.05, 0.1) is 17.6 Å². The van der Waals surface area contributed by atoms with Crippen molar-refractivity contribution in [2.75, 3.05) is 4.72 Å². The molecule has 2 heterocycles. The summed E-state index contributed by atoms with van der Waals surface area (Å²) in [6.07, 6.45) is 4.17. The van der Waals surface area contributed by atoms with Gasteiger partial charge in [-0.2, -0.15) is 5.10 Å². The highest BCUT2D eigenvalue weighted by molar-refractivity contribution is 7.81. The Labute approximate surface area is 84.1 Å². The second-order valence-corrected chi connectivity index (χ2v) is 4.66. The van der Waals surface area contributed by atoms with Crippen LogP contribution in [0.5, 0.6) is 0 Å². The molecule has 0 amide bonds. The molecule has 0 saturated heterocycles. The number of thiol groups is 1. The van der Waals surface area contributed by atoms with Crippen molar-refractivity contribution in [3.63, 3.8) is 0 Å². The van der Waals surface area contributed by atoms with Crippen LogP contribution in [0.2, 0.25) is 0 Å². The lowest BCUT2D eigenvalue weighted by molar-refractivity contribution is 0.235. The highest BCUT2D eigenvalue weighted by atomic mass is 32.1. The van der Waals surface area contributed by atoms with Crippen LogP contribution in [0, 0.1) is 5.41 Å². The van der Waals surface area contributed by atoms with Crippen molar-refractivity contribution in [2.45, 2.75) is 33.2 Å². The summed E-state index contributed by atoms with van der Waals surface area (Å²) in [5.74, 6) is 0. The quantitative estimate of drug-likeness (QED) is 0.675. The Balaban J connectivity index is 2.33. The van der Waals surface area contributed by atoms with Crippen LogP contribution in [-0.4, -0.2) is 9.78 Å². The monoisotopic (exact) mass is 197 g/mol. The van der Waals surface area contributed by atoms with Crippen molar-refractivity contribution >= 4 is 18.5 Å². The molecule has 0 bridgehead atoms. The van der Waals surface area contributed by atoms with Gasteiger partial charge < -0.3 is 4.72 Å². The highest BCUT2D eigenvalue weighted by Crippen LogP contribution is 2.33. The van der Waals surface area contributed by atoms with E-state index in [1.807, 2.05) is 6.20 Å². The Bertz CT molecular complexity index is 317. The number of hydrogen-bond acceptors (Lipinski definition) is 3. The minimum absolute atomic E-state index is 0.382. The van der Waals surface area contributed by atoms with E-state index in [1.165, 1.54) is 12.1 Å². The molecular formula is C9H15N3S. The molecule has 2 rings (SSSR count). The third-order valence-electron chi connectivity index (χ3n) is 2.69. The first-order chi connectivity index (χ1) is 6.12. The van der Waals surface area contributed by atoms with Gasteiger partial charge in [-0.25, -0.2) is 0 Å². The molecule has 0 saturated carbocycles. The molecule has 0 fully saturated rings. The maximum absolute atomic E-state index is 4.33. The summed E-state index contributed by atoms with van der Waals surface area (Å²) in [7, 11) is 0. The van der Waals surface area contributed by atoms with Gasteiger partial charge in [0, 0.05) is 6.54 Å². The molecule has 1 aliphatic heterocycles. The SMILES string of the molecule is CC1(C)CCc2c(NS)cnn2C1. The summed E-state index contributed by atoms with van der Waals surface area (Å²) in [6.45, 7) is 5.58. The molecule has 0 radical (unpaired) electrons. The van der Waals surface area contributed by atoms with Gasteiger partial charge in [-0.05, 0) is 18.3 Å². The maximum atomic E-state index is 4.33. The van der Waals surface area contributed by atoms with Crippen LogP contribution in [0.4, 0.5) is 5.69 Å². The normalized spacial score (nSPS) is 19.6. The Hall–Kier alpha value is -0.640. The van der Waals surface area contributed by atoms with E-state index < -0.39 is 0 Å². The first kappa shape index (κ1) is 8.94. The van der Waals surface area contributed by atoms with E-state index in [2.05, 4.69) is 41.2 Å². The Kier molecular flexibility index (Phi) is 2.02. The van der Waals surface area contributed by atoms with Crippen LogP contribution < -0.4 is 4.72 Å². The van der Waals surface area contributed by atoms with Gasteiger partial charge in [0.25, 0.3) is 0 Å². The molecule has 1 aromatic rings. The zero-order chi connectivity index (χ0) is 9.47. The van der Waals surface area contributed by atoms with Gasteiger partial charge in [-0.15, -0.1) is 0 Å². The molecular weight excluding hydrogens is 182 g/mol. The van der Waals surface area contributed by atoms with Crippen LogP contribution >= 0.6 is 12.8 Å². The largest absolute Gasteiger partial charge is 0.329 e. The smallest absolute Gasteiger partial charge is 0.0856 e. The Morgan fingerprint density at radius 1 is 1.62 bits per heavy atom. The van der Waals surface area contributed by atoms with Gasteiger partial charge in [0.15, 0.2) is 0 Å². The third kappa shape index (κ3) is 1.55. The molecule has 72 valence electrons. The fourth-order valence-electron chi connectivity index (χ4n) is 1.85. The molecule has 3 nitrogen and oxygen atoms in total. The molecule has 0 aromatic carbocycles. The Morgan fingerprint density at radius 2 is 2.38 bits per heavy atom. The molecule has 1 aromatic heterocycles. The van der Waals surface area contributed by atoms with Gasteiger partial charge in [0.1, 0.15) is 0 Å². The standard InChI is InChI=1S/C9H15N3S/c1-9(2)4-3-8-7(11-13)5-10-12(8)6-9/h5,11,13H,3-4,6H2,1-2H3. The van der Waals surface area contributed by atoms with Crippen molar-refractivity contribution < 1.29 is 0 Å². The number of rotatable bonds is 1. The van der Waals surface area contributed by atoms with E-state index in [-0.39, 0.29) is 0 Å². The number of anilines is 1. The summed E-state index contributed by atoms with van der Waals surface area (Å²) in [6, 6.07) is 0. The fraction of sp³-hybridized carbons (Fsp3) is 0.667. The van der Waals surface area contributed by atoms with Gasteiger partial charge in [0.2, 0.25) is 0 Å². The first-order valence-electron chi connectivity index (χ1n) is 4.57. The van der Waals surface area contributed by atoms with E-state index in [1.54, 1.807) is 0 Å². The van der Waals surface area contributed by atoms with Gasteiger partial charge in [-0.1, -0.05) is 26.7 Å². The highest BCUT2D eigenvalue weighted by Gasteiger charge is 2.27. The van der Waals surface area contributed by atoms with Crippen LogP contribution in [0.1, 0.15) is 26.0 Å². The molecule has 13 heavy (non-hydrogen) atoms. The second kappa shape index (κ2) is 2.94. The molecule has 1 aliphatic rings. The second-order valence-electron chi connectivity index (χ2n) is 4.44. The molecule has 0 atom stereocenters. The number of aromatic nitrogens is 2. The zero-order valence-electron chi connectivity index (χ0n) is 8.04. The molecule has 1 N–H and O–H groups in total. The number of hydrogen-bond donors (Lipinski definition) is 2. The van der Waals surface area contributed by atoms with Crippen LogP contribution in [0.25, 0.3) is 0 Å². The predicted octanol–water partition coefficient (Wildman–Crippen LogP) is 2.11. The summed E-state index contributed by atoms with van der Waals surface area (Å²) in [5.41, 5.74) is 2.72. The lowest BCUT2D eigenvalue weighted by Crippen LogP contribution is -2.27. The van der Waals surface area contributed by atoms with E-state index in [0.717, 1.165) is 18.7 Å². The van der Waals surface area contributed by atoms with Crippen molar-refractivity contribution in [3.05, 3.63) is 11.9 Å². The minimum Gasteiger partial charge on any atom is -0.329 e. The average Bonchev–Trinajstić information content (AvgIpc) is 2.44. The Morgan fingerprint density at radius 3 is 3.08 bits per heavy atom. The van der Waals surface area contributed by atoms with Crippen LogP contribution in [0.3, 0.4) is 0 Å².